The highest BCUT2D eigenvalue weighted by Gasteiger charge is 2.20. The molecule has 4 rings (SSSR count). The van der Waals surface area contributed by atoms with Crippen LogP contribution >= 0.6 is 0 Å². The summed E-state index contributed by atoms with van der Waals surface area (Å²) in [6.45, 7) is 2.32. The van der Waals surface area contributed by atoms with Gasteiger partial charge in [0.2, 0.25) is 5.91 Å². The van der Waals surface area contributed by atoms with Crippen molar-refractivity contribution in [1.29, 1.82) is 0 Å². The topological polar surface area (TPSA) is 49.4 Å². The number of rotatable bonds is 7. The quantitative estimate of drug-likeness (QED) is 0.365. The molecule has 0 aromatic heterocycles. The fourth-order valence-corrected chi connectivity index (χ4v) is 3.76. The molecule has 170 valence electrons. The van der Waals surface area contributed by atoms with E-state index in [1.54, 1.807) is 4.90 Å². The first-order valence-electron chi connectivity index (χ1n) is 11.1. The van der Waals surface area contributed by atoms with Crippen LogP contribution in [-0.2, 0) is 17.8 Å². The third kappa shape index (κ3) is 5.75. The third-order valence-electron chi connectivity index (χ3n) is 5.52. The summed E-state index contributed by atoms with van der Waals surface area (Å²) in [4.78, 5) is 27.9. The Morgan fingerprint density at radius 2 is 1.47 bits per heavy atom. The maximum Gasteiger partial charge on any atom is 0.258 e. The highest BCUT2D eigenvalue weighted by atomic mass is 19.1. The summed E-state index contributed by atoms with van der Waals surface area (Å²) in [6, 6.07) is 30.4. The van der Waals surface area contributed by atoms with Crippen LogP contribution < -0.4 is 10.2 Å². The Labute approximate surface area is 198 Å². The Morgan fingerprint density at radius 3 is 2.21 bits per heavy atom. The van der Waals surface area contributed by atoms with Crippen LogP contribution in [0.4, 0.5) is 15.8 Å². The Morgan fingerprint density at radius 1 is 0.794 bits per heavy atom. The summed E-state index contributed by atoms with van der Waals surface area (Å²) in [5, 5.41) is 2.78. The van der Waals surface area contributed by atoms with Crippen molar-refractivity contribution in [3.05, 3.63) is 131 Å². The summed E-state index contributed by atoms with van der Waals surface area (Å²) < 4.78 is 13.1. The molecule has 0 radical (unpaired) electrons. The molecule has 2 amide bonds. The lowest BCUT2D eigenvalue weighted by atomic mass is 10.1. The lowest BCUT2D eigenvalue weighted by Gasteiger charge is -2.24. The zero-order valence-corrected chi connectivity index (χ0v) is 18.9. The van der Waals surface area contributed by atoms with Gasteiger partial charge >= 0.3 is 0 Å². The number of benzene rings is 4. The predicted octanol–water partition coefficient (Wildman–Crippen LogP) is 6.16. The normalized spacial score (nSPS) is 10.5. The highest BCUT2D eigenvalue weighted by molar-refractivity contribution is 6.07. The fourth-order valence-electron chi connectivity index (χ4n) is 3.76. The molecule has 4 aromatic rings. The number of nitrogens with one attached hydrogen (secondary N) is 1. The monoisotopic (exact) mass is 452 g/mol. The molecule has 0 aliphatic rings. The van der Waals surface area contributed by atoms with Crippen molar-refractivity contribution >= 4 is 23.2 Å². The molecule has 5 heteroatoms. The summed E-state index contributed by atoms with van der Waals surface area (Å²) in [7, 11) is 0. The Kier molecular flexibility index (Phi) is 7.13. The van der Waals surface area contributed by atoms with E-state index in [-0.39, 0.29) is 24.1 Å². The number of carbonyl (C=O) groups is 2. The second-order valence-electron chi connectivity index (χ2n) is 8.09. The number of amides is 2. The van der Waals surface area contributed by atoms with E-state index in [1.807, 2.05) is 85.8 Å². The summed E-state index contributed by atoms with van der Waals surface area (Å²) in [6.07, 6.45) is 0.128. The number of anilines is 2. The van der Waals surface area contributed by atoms with Crippen LogP contribution in [0.2, 0.25) is 0 Å². The maximum absolute atomic E-state index is 13.6. The van der Waals surface area contributed by atoms with Gasteiger partial charge in [-0.05, 0) is 66.1 Å². The third-order valence-corrected chi connectivity index (χ3v) is 5.52. The van der Waals surface area contributed by atoms with Gasteiger partial charge in [0.15, 0.2) is 0 Å². The number of carbonyl (C=O) groups excluding carboxylic acids is 2. The van der Waals surface area contributed by atoms with E-state index in [0.717, 1.165) is 16.7 Å². The number of hydrogen-bond donors (Lipinski definition) is 1. The molecule has 0 aliphatic carbocycles. The van der Waals surface area contributed by atoms with Gasteiger partial charge in [0, 0.05) is 16.9 Å². The first-order valence-corrected chi connectivity index (χ1v) is 11.1. The van der Waals surface area contributed by atoms with Crippen molar-refractivity contribution in [3.8, 4) is 0 Å². The van der Waals surface area contributed by atoms with Gasteiger partial charge in [-0.3, -0.25) is 9.59 Å². The molecule has 0 aliphatic heterocycles. The lowest BCUT2D eigenvalue weighted by Crippen LogP contribution is -2.31. The molecule has 0 spiro atoms. The van der Waals surface area contributed by atoms with Gasteiger partial charge in [-0.1, -0.05) is 60.7 Å². The second kappa shape index (κ2) is 10.6. The largest absolute Gasteiger partial charge is 0.326 e. The van der Waals surface area contributed by atoms with Crippen molar-refractivity contribution in [2.24, 2.45) is 0 Å². The van der Waals surface area contributed by atoms with Gasteiger partial charge in [0.05, 0.1) is 13.0 Å². The van der Waals surface area contributed by atoms with Crippen LogP contribution in [0.15, 0.2) is 103 Å². The van der Waals surface area contributed by atoms with Crippen molar-refractivity contribution in [1.82, 2.24) is 0 Å². The van der Waals surface area contributed by atoms with E-state index >= 15 is 0 Å². The van der Waals surface area contributed by atoms with Gasteiger partial charge in [-0.25, -0.2) is 4.39 Å². The zero-order valence-electron chi connectivity index (χ0n) is 18.9. The number of hydrogen-bond acceptors (Lipinski definition) is 2. The van der Waals surface area contributed by atoms with Gasteiger partial charge < -0.3 is 10.2 Å². The van der Waals surface area contributed by atoms with E-state index in [4.69, 9.17) is 0 Å². The minimum absolute atomic E-state index is 0.102. The minimum Gasteiger partial charge on any atom is -0.326 e. The Bertz CT molecular complexity index is 1290. The molecular weight excluding hydrogens is 427 g/mol. The molecule has 0 saturated heterocycles. The molecule has 0 heterocycles. The minimum atomic E-state index is -0.359. The van der Waals surface area contributed by atoms with Crippen molar-refractivity contribution < 1.29 is 14.0 Å². The average Bonchev–Trinajstić information content (AvgIpc) is 2.85. The Hall–Kier alpha value is -4.25. The summed E-state index contributed by atoms with van der Waals surface area (Å²) in [5.74, 6) is -0.680. The molecule has 0 saturated carbocycles. The van der Waals surface area contributed by atoms with Crippen LogP contribution in [0.5, 0.6) is 0 Å². The second-order valence-corrected chi connectivity index (χ2v) is 8.09. The van der Waals surface area contributed by atoms with Crippen LogP contribution in [0.25, 0.3) is 0 Å². The van der Waals surface area contributed by atoms with Gasteiger partial charge in [-0.15, -0.1) is 0 Å². The molecule has 0 unspecified atom stereocenters. The van der Waals surface area contributed by atoms with Crippen LogP contribution in [0.1, 0.15) is 27.0 Å². The Balaban J connectivity index is 1.59. The SMILES string of the molecule is Cc1ccccc1C(=O)N(Cc1ccccc1)c1cccc(CC(=O)Nc2ccc(F)cc2)c1. The fraction of sp³-hybridized carbons (Fsp3) is 0.103. The van der Waals surface area contributed by atoms with Crippen LogP contribution in [0.3, 0.4) is 0 Å². The molecular formula is C29H25FN2O2. The summed E-state index contributed by atoms with van der Waals surface area (Å²) in [5.41, 5.74) is 4.56. The van der Waals surface area contributed by atoms with Crippen molar-refractivity contribution in [3.63, 3.8) is 0 Å². The molecule has 4 nitrogen and oxygen atoms in total. The standard InChI is InChI=1S/C29H25FN2O2/c1-21-8-5-6-13-27(21)29(34)32(20-22-9-3-2-4-10-22)26-12-7-11-23(18-26)19-28(33)31-25-16-14-24(30)15-17-25/h2-18H,19-20H2,1H3,(H,31,33). The average molecular weight is 453 g/mol. The van der Waals surface area contributed by atoms with E-state index in [0.29, 0.717) is 23.5 Å². The van der Waals surface area contributed by atoms with Gasteiger partial charge in [-0.2, -0.15) is 0 Å². The molecule has 34 heavy (non-hydrogen) atoms. The first-order chi connectivity index (χ1) is 16.5. The first kappa shape index (κ1) is 22.9. The van der Waals surface area contributed by atoms with Gasteiger partial charge in [0.1, 0.15) is 5.82 Å². The number of aryl methyl sites for hydroxylation is 1. The molecule has 0 bridgehead atoms. The van der Waals surface area contributed by atoms with Crippen LogP contribution in [0, 0.1) is 12.7 Å². The molecule has 1 N–H and O–H groups in total. The highest BCUT2D eigenvalue weighted by Crippen LogP contribution is 2.23. The van der Waals surface area contributed by atoms with Gasteiger partial charge in [0.25, 0.3) is 5.91 Å². The number of nitrogens with zero attached hydrogens (tertiary/aromatic N) is 1. The predicted molar refractivity (Wildman–Crippen MR) is 133 cm³/mol. The van der Waals surface area contributed by atoms with Crippen molar-refractivity contribution in [2.45, 2.75) is 19.9 Å². The zero-order chi connectivity index (χ0) is 23.9. The van der Waals surface area contributed by atoms with Crippen molar-refractivity contribution in [2.75, 3.05) is 10.2 Å². The number of halogens is 1. The molecule has 4 aromatic carbocycles. The summed E-state index contributed by atoms with van der Waals surface area (Å²) >= 11 is 0. The van der Waals surface area contributed by atoms with Crippen LogP contribution in [-0.4, -0.2) is 11.8 Å². The maximum atomic E-state index is 13.6. The molecule has 0 fully saturated rings. The molecule has 0 atom stereocenters. The van der Waals surface area contributed by atoms with E-state index < -0.39 is 0 Å². The van der Waals surface area contributed by atoms with E-state index in [9.17, 15) is 14.0 Å². The smallest absolute Gasteiger partial charge is 0.258 e. The van der Waals surface area contributed by atoms with E-state index in [2.05, 4.69) is 5.32 Å². The lowest BCUT2D eigenvalue weighted by molar-refractivity contribution is -0.115. The van der Waals surface area contributed by atoms with E-state index in [1.165, 1.54) is 24.3 Å².